The minimum absolute atomic E-state index is 0.256. The first kappa shape index (κ1) is 21.7. The highest BCUT2D eigenvalue weighted by atomic mass is 79.9. The third kappa shape index (κ3) is 6.23. The first-order valence-electron chi connectivity index (χ1n) is 9.67. The fourth-order valence-corrected chi connectivity index (χ4v) is 3.72. The van der Waals surface area contributed by atoms with Gasteiger partial charge in [-0.2, -0.15) is 0 Å². The van der Waals surface area contributed by atoms with Gasteiger partial charge in [0.15, 0.2) is 11.5 Å². The summed E-state index contributed by atoms with van der Waals surface area (Å²) in [5, 5.41) is 4.28. The van der Waals surface area contributed by atoms with Crippen LogP contribution >= 0.6 is 27.5 Å². The zero-order chi connectivity index (χ0) is 20.6. The summed E-state index contributed by atoms with van der Waals surface area (Å²) >= 11 is 9.61. The second-order valence-corrected chi connectivity index (χ2v) is 8.06. The minimum Gasteiger partial charge on any atom is -0.490 e. The topological polar surface area (TPSA) is 30.5 Å². The summed E-state index contributed by atoms with van der Waals surface area (Å²) in [6, 6.07) is 22.4. The number of rotatable bonds is 9. The molecular formula is C24H25BrClNO2. The van der Waals surface area contributed by atoms with Crippen LogP contribution in [0.5, 0.6) is 11.5 Å². The van der Waals surface area contributed by atoms with Crippen molar-refractivity contribution in [2.45, 2.75) is 33.0 Å². The molecule has 0 bridgehead atoms. The van der Waals surface area contributed by atoms with Crippen molar-refractivity contribution in [2.75, 3.05) is 6.61 Å². The summed E-state index contributed by atoms with van der Waals surface area (Å²) in [5.41, 5.74) is 3.44. The van der Waals surface area contributed by atoms with Crippen LogP contribution < -0.4 is 14.8 Å². The van der Waals surface area contributed by atoms with Gasteiger partial charge in [-0.05, 0) is 70.7 Å². The van der Waals surface area contributed by atoms with Crippen LogP contribution in [-0.2, 0) is 13.2 Å². The summed E-state index contributed by atoms with van der Waals surface area (Å²) in [5.74, 6) is 1.45. The third-order valence-electron chi connectivity index (χ3n) is 4.58. The van der Waals surface area contributed by atoms with E-state index in [0.29, 0.717) is 24.0 Å². The fraction of sp³-hybridized carbons (Fsp3) is 0.250. The molecule has 0 saturated heterocycles. The summed E-state index contributed by atoms with van der Waals surface area (Å²) in [7, 11) is 0. The van der Waals surface area contributed by atoms with Crippen LogP contribution in [-0.4, -0.2) is 6.61 Å². The van der Waals surface area contributed by atoms with Crippen LogP contribution in [0.3, 0.4) is 0 Å². The molecular weight excluding hydrogens is 450 g/mol. The van der Waals surface area contributed by atoms with Crippen molar-refractivity contribution in [3.63, 3.8) is 0 Å². The lowest BCUT2D eigenvalue weighted by Crippen LogP contribution is -2.18. The Hall–Kier alpha value is -2.01. The lowest BCUT2D eigenvalue weighted by molar-refractivity contribution is 0.267. The maximum Gasteiger partial charge on any atom is 0.175 e. The highest BCUT2D eigenvalue weighted by molar-refractivity contribution is 9.10. The van der Waals surface area contributed by atoms with Gasteiger partial charge in [0.2, 0.25) is 0 Å². The smallest absolute Gasteiger partial charge is 0.175 e. The van der Waals surface area contributed by atoms with Crippen molar-refractivity contribution in [3.8, 4) is 11.5 Å². The number of hydrogen-bond acceptors (Lipinski definition) is 3. The minimum atomic E-state index is 0.256. The van der Waals surface area contributed by atoms with E-state index in [2.05, 4.69) is 58.5 Å². The predicted octanol–water partition coefficient (Wildman–Crippen LogP) is 6.93. The van der Waals surface area contributed by atoms with Gasteiger partial charge in [-0.15, -0.1) is 0 Å². The lowest BCUT2D eigenvalue weighted by Gasteiger charge is -2.18. The second-order valence-electron chi connectivity index (χ2n) is 6.77. The van der Waals surface area contributed by atoms with E-state index in [1.54, 1.807) is 0 Å². The average molecular weight is 475 g/mol. The molecule has 0 fully saturated rings. The molecule has 1 atom stereocenters. The molecule has 3 aromatic carbocycles. The van der Waals surface area contributed by atoms with Gasteiger partial charge in [0.1, 0.15) is 6.61 Å². The van der Waals surface area contributed by atoms with E-state index in [1.165, 1.54) is 5.56 Å². The molecule has 0 aliphatic carbocycles. The maximum atomic E-state index is 6.06. The van der Waals surface area contributed by atoms with E-state index in [9.17, 15) is 0 Å². The highest BCUT2D eigenvalue weighted by Crippen LogP contribution is 2.37. The van der Waals surface area contributed by atoms with E-state index in [1.807, 2.05) is 43.3 Å². The van der Waals surface area contributed by atoms with Crippen molar-refractivity contribution in [1.82, 2.24) is 5.32 Å². The quantitative estimate of drug-likeness (QED) is 0.365. The van der Waals surface area contributed by atoms with Crippen LogP contribution in [0.1, 0.15) is 36.6 Å². The van der Waals surface area contributed by atoms with Gasteiger partial charge in [0.05, 0.1) is 11.1 Å². The summed E-state index contributed by atoms with van der Waals surface area (Å²) in [4.78, 5) is 0. The van der Waals surface area contributed by atoms with Crippen LogP contribution in [0.25, 0.3) is 0 Å². The molecule has 0 radical (unpaired) electrons. The Kier molecular flexibility index (Phi) is 7.99. The van der Waals surface area contributed by atoms with Crippen LogP contribution in [0.15, 0.2) is 71.2 Å². The standard InChI is InChI=1S/C24H25BrClNO2/c1-3-28-23-14-19(15-27-17(2)20-7-5-4-6-8-20)13-22(25)24(23)29-16-18-9-11-21(26)12-10-18/h4-14,17,27H,3,15-16H2,1-2H3/t17-/m0/s1. The SMILES string of the molecule is CCOc1cc(CN[C@@H](C)c2ccccc2)cc(Br)c1OCc1ccc(Cl)cc1. The first-order valence-corrected chi connectivity index (χ1v) is 10.8. The van der Waals surface area contributed by atoms with Gasteiger partial charge in [-0.25, -0.2) is 0 Å². The molecule has 0 spiro atoms. The molecule has 1 N–H and O–H groups in total. The zero-order valence-electron chi connectivity index (χ0n) is 16.6. The van der Waals surface area contributed by atoms with Crippen molar-refractivity contribution in [3.05, 3.63) is 92.9 Å². The number of nitrogens with one attached hydrogen (secondary N) is 1. The molecule has 29 heavy (non-hydrogen) atoms. The molecule has 3 nitrogen and oxygen atoms in total. The third-order valence-corrected chi connectivity index (χ3v) is 5.42. The van der Waals surface area contributed by atoms with E-state index in [4.69, 9.17) is 21.1 Å². The summed E-state index contributed by atoms with van der Waals surface area (Å²) in [6.07, 6.45) is 0. The maximum absolute atomic E-state index is 6.06. The highest BCUT2D eigenvalue weighted by Gasteiger charge is 2.13. The average Bonchev–Trinajstić information content (AvgIpc) is 2.73. The zero-order valence-corrected chi connectivity index (χ0v) is 19.0. The van der Waals surface area contributed by atoms with E-state index in [0.717, 1.165) is 27.9 Å². The largest absolute Gasteiger partial charge is 0.490 e. The molecule has 3 rings (SSSR count). The summed E-state index contributed by atoms with van der Waals surface area (Å²) in [6.45, 7) is 5.88. The van der Waals surface area contributed by atoms with Crippen LogP contribution in [0, 0.1) is 0 Å². The number of benzene rings is 3. The number of ether oxygens (including phenoxy) is 2. The Morgan fingerprint density at radius 3 is 2.38 bits per heavy atom. The molecule has 0 aliphatic rings. The van der Waals surface area contributed by atoms with Crippen molar-refractivity contribution in [2.24, 2.45) is 0 Å². The molecule has 0 aromatic heterocycles. The van der Waals surface area contributed by atoms with Gasteiger partial charge in [0, 0.05) is 17.6 Å². The van der Waals surface area contributed by atoms with E-state index < -0.39 is 0 Å². The molecule has 0 heterocycles. The molecule has 3 aromatic rings. The van der Waals surface area contributed by atoms with Gasteiger partial charge >= 0.3 is 0 Å². The number of hydrogen-bond donors (Lipinski definition) is 1. The number of halogens is 2. The molecule has 0 unspecified atom stereocenters. The first-order chi connectivity index (χ1) is 14.1. The molecule has 5 heteroatoms. The monoisotopic (exact) mass is 473 g/mol. The van der Waals surface area contributed by atoms with Gasteiger partial charge in [-0.3, -0.25) is 0 Å². The van der Waals surface area contributed by atoms with Gasteiger partial charge in [0.25, 0.3) is 0 Å². The molecule has 0 amide bonds. The normalized spacial score (nSPS) is 11.9. The van der Waals surface area contributed by atoms with Crippen LogP contribution in [0.4, 0.5) is 0 Å². The Bertz CT molecular complexity index is 916. The van der Waals surface area contributed by atoms with Crippen molar-refractivity contribution < 1.29 is 9.47 Å². The predicted molar refractivity (Wildman–Crippen MR) is 123 cm³/mol. The van der Waals surface area contributed by atoms with Crippen molar-refractivity contribution in [1.29, 1.82) is 0 Å². The molecule has 152 valence electrons. The van der Waals surface area contributed by atoms with Crippen molar-refractivity contribution >= 4 is 27.5 Å². The molecule has 0 saturated carbocycles. The Labute approximate surface area is 186 Å². The Balaban J connectivity index is 1.70. The second kappa shape index (κ2) is 10.7. The fourth-order valence-electron chi connectivity index (χ4n) is 2.99. The van der Waals surface area contributed by atoms with Gasteiger partial charge in [-0.1, -0.05) is 54.1 Å². The Morgan fingerprint density at radius 1 is 0.966 bits per heavy atom. The van der Waals surface area contributed by atoms with E-state index >= 15 is 0 Å². The Morgan fingerprint density at radius 2 is 1.69 bits per heavy atom. The van der Waals surface area contributed by atoms with E-state index in [-0.39, 0.29) is 6.04 Å². The van der Waals surface area contributed by atoms with Crippen LogP contribution in [0.2, 0.25) is 5.02 Å². The summed E-state index contributed by atoms with van der Waals surface area (Å²) < 4.78 is 12.8. The lowest BCUT2D eigenvalue weighted by atomic mass is 10.1. The molecule has 0 aliphatic heterocycles. The van der Waals surface area contributed by atoms with Gasteiger partial charge < -0.3 is 14.8 Å².